The molecule has 1 amide bonds. The van der Waals surface area contributed by atoms with Crippen LogP contribution < -0.4 is 14.8 Å². The first-order chi connectivity index (χ1) is 17.3. The van der Waals surface area contributed by atoms with Crippen LogP contribution in [0.25, 0.3) is 11.4 Å². The molecular weight excluding hydrogens is 492 g/mol. The lowest BCUT2D eigenvalue weighted by Crippen LogP contribution is -2.49. The summed E-state index contributed by atoms with van der Waals surface area (Å²) >= 11 is 1.60. The average Bonchev–Trinajstić information content (AvgIpc) is 3.53. The van der Waals surface area contributed by atoms with Crippen LogP contribution in [-0.2, 0) is 20.8 Å². The Morgan fingerprint density at radius 2 is 1.86 bits per heavy atom. The van der Waals surface area contributed by atoms with Crippen molar-refractivity contribution in [2.24, 2.45) is 0 Å². The molecule has 192 valence electrons. The van der Waals surface area contributed by atoms with Crippen molar-refractivity contribution in [1.29, 1.82) is 0 Å². The van der Waals surface area contributed by atoms with E-state index >= 15 is 0 Å². The topological polar surface area (TPSA) is 164 Å². The molecule has 36 heavy (non-hydrogen) atoms. The molecule has 1 aliphatic rings. The molecule has 0 spiro atoms. The van der Waals surface area contributed by atoms with E-state index in [1.807, 2.05) is 35.0 Å². The van der Waals surface area contributed by atoms with Gasteiger partial charge >= 0.3 is 11.9 Å². The molecule has 1 fully saturated rings. The number of hydrogen-bond donors (Lipinski definition) is 3. The van der Waals surface area contributed by atoms with Crippen molar-refractivity contribution in [3.63, 3.8) is 0 Å². The summed E-state index contributed by atoms with van der Waals surface area (Å²) in [4.78, 5) is 37.0. The van der Waals surface area contributed by atoms with Gasteiger partial charge in [0.1, 0.15) is 0 Å². The Bertz CT molecular complexity index is 1160. The van der Waals surface area contributed by atoms with Crippen LogP contribution in [0.3, 0.4) is 0 Å². The second kappa shape index (κ2) is 12.7. The fourth-order valence-electron chi connectivity index (χ4n) is 3.41. The number of thiophene rings is 1. The fraction of sp³-hybridized carbons (Fsp3) is 0.348. The molecule has 1 aromatic carbocycles. The highest BCUT2D eigenvalue weighted by molar-refractivity contribution is 7.08. The Kier molecular flexibility index (Phi) is 9.36. The van der Waals surface area contributed by atoms with E-state index in [9.17, 15) is 4.79 Å². The highest BCUT2D eigenvalue weighted by atomic mass is 32.1. The zero-order valence-corrected chi connectivity index (χ0v) is 20.5. The number of ether oxygens (including phenoxy) is 2. The van der Waals surface area contributed by atoms with Crippen molar-refractivity contribution in [2.75, 3.05) is 40.4 Å². The predicted molar refractivity (Wildman–Crippen MR) is 128 cm³/mol. The van der Waals surface area contributed by atoms with Crippen LogP contribution in [0.2, 0.25) is 0 Å². The summed E-state index contributed by atoms with van der Waals surface area (Å²) in [7, 11) is 3.22. The third kappa shape index (κ3) is 7.26. The van der Waals surface area contributed by atoms with E-state index in [1.54, 1.807) is 25.6 Å². The van der Waals surface area contributed by atoms with Gasteiger partial charge in [0.2, 0.25) is 17.6 Å². The normalized spacial score (nSPS) is 13.2. The van der Waals surface area contributed by atoms with Gasteiger partial charge in [0.05, 0.1) is 26.7 Å². The van der Waals surface area contributed by atoms with Crippen LogP contribution in [0.5, 0.6) is 11.5 Å². The van der Waals surface area contributed by atoms with Gasteiger partial charge in [-0.05, 0) is 35.6 Å². The molecule has 1 saturated heterocycles. The first-order valence-electron chi connectivity index (χ1n) is 10.8. The Hall–Kier alpha value is -3.97. The maximum atomic E-state index is 12.2. The highest BCUT2D eigenvalue weighted by Crippen LogP contribution is 2.28. The maximum absolute atomic E-state index is 12.2. The number of likely N-dealkylation sites (tertiary alicyclic amines) is 1. The van der Waals surface area contributed by atoms with Crippen LogP contribution in [-0.4, -0.2) is 83.5 Å². The Morgan fingerprint density at radius 3 is 2.47 bits per heavy atom. The molecule has 1 aliphatic heterocycles. The second-order valence-corrected chi connectivity index (χ2v) is 8.54. The molecule has 0 atom stereocenters. The van der Waals surface area contributed by atoms with Gasteiger partial charge in [-0.25, -0.2) is 9.59 Å². The molecule has 4 rings (SSSR count). The third-order valence-electron chi connectivity index (χ3n) is 5.26. The molecule has 0 radical (unpaired) electrons. The summed E-state index contributed by atoms with van der Waals surface area (Å²) in [6.45, 7) is 2.43. The Labute approximate surface area is 210 Å². The monoisotopic (exact) mass is 518 g/mol. The minimum absolute atomic E-state index is 0.0124. The molecule has 3 aromatic rings. The zero-order chi connectivity index (χ0) is 26.1. The van der Waals surface area contributed by atoms with Gasteiger partial charge in [0.15, 0.2) is 11.5 Å². The number of rotatable bonds is 9. The average molecular weight is 519 g/mol. The van der Waals surface area contributed by atoms with Crippen molar-refractivity contribution in [2.45, 2.75) is 12.3 Å². The van der Waals surface area contributed by atoms with Gasteiger partial charge in [-0.1, -0.05) is 11.2 Å². The quantitative estimate of drug-likeness (QED) is 0.353. The lowest BCUT2D eigenvalue weighted by molar-refractivity contribution is -0.159. The number of hydrogen-bond acceptors (Lipinski definition) is 10. The van der Waals surface area contributed by atoms with Gasteiger partial charge in [0, 0.05) is 30.6 Å². The van der Waals surface area contributed by atoms with Crippen LogP contribution in [0.15, 0.2) is 39.5 Å². The van der Waals surface area contributed by atoms with E-state index in [0.29, 0.717) is 36.3 Å². The van der Waals surface area contributed by atoms with Crippen molar-refractivity contribution in [3.8, 4) is 22.9 Å². The summed E-state index contributed by atoms with van der Waals surface area (Å²) in [6.07, 6.45) is 0.724. The summed E-state index contributed by atoms with van der Waals surface area (Å²) in [6, 6.07) is 7.75. The van der Waals surface area contributed by atoms with Gasteiger partial charge < -0.3 is 29.5 Å². The molecule has 12 nitrogen and oxygen atoms in total. The molecule has 3 heterocycles. The lowest BCUT2D eigenvalue weighted by atomic mass is 10.0. The molecule has 0 bridgehead atoms. The predicted octanol–water partition coefficient (Wildman–Crippen LogP) is 1.73. The van der Waals surface area contributed by atoms with Gasteiger partial charge in [0.25, 0.3) is 0 Å². The number of carboxylic acids is 2. The van der Waals surface area contributed by atoms with Gasteiger partial charge in [-0.15, -0.1) is 0 Å². The van der Waals surface area contributed by atoms with E-state index < -0.39 is 11.9 Å². The molecule has 2 aromatic heterocycles. The largest absolute Gasteiger partial charge is 0.493 e. The SMILES string of the molecule is COc1ccc(CCNC(=O)CN2CC(c3nc(-c4ccsc4)no3)C2)cc1OC.O=C(O)C(=O)O. The second-order valence-electron chi connectivity index (χ2n) is 7.76. The van der Waals surface area contributed by atoms with Crippen molar-refractivity contribution in [3.05, 3.63) is 46.5 Å². The first-order valence-corrected chi connectivity index (χ1v) is 11.8. The third-order valence-corrected chi connectivity index (χ3v) is 5.94. The summed E-state index contributed by atoms with van der Waals surface area (Å²) in [5.41, 5.74) is 2.05. The van der Waals surface area contributed by atoms with Crippen LogP contribution >= 0.6 is 11.3 Å². The van der Waals surface area contributed by atoms with Crippen molar-refractivity contribution in [1.82, 2.24) is 20.4 Å². The first kappa shape index (κ1) is 26.6. The standard InChI is InChI=1S/C21H24N4O4S.C2H2O4/c1-27-17-4-3-14(9-18(17)28-2)5-7-22-19(26)12-25-10-16(11-25)21-23-20(24-29-21)15-6-8-30-13-15;3-1(4)2(5)6/h3-4,6,8-9,13,16H,5,7,10-12H2,1-2H3,(H,22,26);(H,3,4)(H,5,6). The Morgan fingerprint density at radius 1 is 1.14 bits per heavy atom. The summed E-state index contributed by atoms with van der Waals surface area (Å²) in [5, 5.41) is 25.8. The van der Waals surface area contributed by atoms with E-state index in [-0.39, 0.29) is 11.8 Å². The smallest absolute Gasteiger partial charge is 0.414 e. The number of amides is 1. The molecule has 0 saturated carbocycles. The molecule has 0 unspecified atom stereocenters. The van der Waals surface area contributed by atoms with E-state index in [1.165, 1.54) is 0 Å². The number of carbonyl (C=O) groups is 3. The van der Waals surface area contributed by atoms with Crippen molar-refractivity contribution >= 4 is 29.2 Å². The van der Waals surface area contributed by atoms with Crippen LogP contribution in [0.4, 0.5) is 0 Å². The summed E-state index contributed by atoms with van der Waals surface area (Å²) < 4.78 is 15.9. The molecule has 13 heteroatoms. The number of aliphatic carboxylic acids is 2. The molecular formula is C23H26N4O8S. The maximum Gasteiger partial charge on any atom is 0.414 e. The fourth-order valence-corrected chi connectivity index (χ4v) is 4.04. The van der Waals surface area contributed by atoms with Gasteiger partial charge in [-0.2, -0.15) is 16.3 Å². The van der Waals surface area contributed by atoms with E-state index in [4.69, 9.17) is 33.8 Å². The minimum Gasteiger partial charge on any atom is -0.493 e. The molecule has 3 N–H and O–H groups in total. The summed E-state index contributed by atoms with van der Waals surface area (Å²) in [5.74, 6) is -0.802. The molecule has 0 aliphatic carbocycles. The Balaban J connectivity index is 0.000000538. The number of nitrogens with one attached hydrogen (secondary N) is 1. The number of nitrogens with zero attached hydrogens (tertiary/aromatic N) is 3. The van der Waals surface area contributed by atoms with Crippen LogP contribution in [0.1, 0.15) is 17.4 Å². The zero-order valence-electron chi connectivity index (χ0n) is 19.7. The van der Waals surface area contributed by atoms with Crippen molar-refractivity contribution < 1.29 is 38.6 Å². The number of carbonyl (C=O) groups excluding carboxylic acids is 1. The number of aromatic nitrogens is 2. The van der Waals surface area contributed by atoms with Gasteiger partial charge in [-0.3, -0.25) is 9.69 Å². The number of benzene rings is 1. The van der Waals surface area contributed by atoms with E-state index in [0.717, 1.165) is 30.6 Å². The lowest BCUT2D eigenvalue weighted by Gasteiger charge is -2.36. The minimum atomic E-state index is -1.82. The highest BCUT2D eigenvalue weighted by Gasteiger charge is 2.33. The van der Waals surface area contributed by atoms with Crippen LogP contribution in [0, 0.1) is 0 Å². The number of carboxylic acid groups (broad SMARTS) is 2. The number of methoxy groups -OCH3 is 2. The van der Waals surface area contributed by atoms with E-state index in [2.05, 4.69) is 20.4 Å².